The van der Waals surface area contributed by atoms with Crippen molar-refractivity contribution >= 4 is 11.5 Å². The van der Waals surface area contributed by atoms with Gasteiger partial charge in [-0.15, -0.1) is 0 Å². The molecule has 1 aromatic heterocycles. The Bertz CT molecular complexity index is 149. The Morgan fingerprint density at radius 2 is 2.83 bits per heavy atom. The van der Waals surface area contributed by atoms with Crippen molar-refractivity contribution in [1.82, 2.24) is 4.98 Å². The fraction of sp³-hybridized carbons (Fsp3) is 0. The molecule has 1 heterocycles. The molecule has 0 aliphatic carbocycles. The first-order chi connectivity index (χ1) is 2.89. The quantitative estimate of drug-likeness (QED) is 0.461. The molecule has 0 unspecified atom stereocenters. The van der Waals surface area contributed by atoms with Crippen molar-refractivity contribution in [2.45, 2.75) is 0 Å². The monoisotopic (exact) mass is 103 g/mol. The summed E-state index contributed by atoms with van der Waals surface area (Å²) in [6.07, 6.45) is 1.49. The van der Waals surface area contributed by atoms with Crippen LogP contribution in [0.3, 0.4) is 0 Å². The van der Waals surface area contributed by atoms with Gasteiger partial charge in [0.15, 0.2) is 0 Å². The third-order valence-electron chi connectivity index (χ3n) is 0.401. The maximum absolute atomic E-state index is 10.0. The second-order valence-electron chi connectivity index (χ2n) is 0.796. The van der Waals surface area contributed by atoms with Gasteiger partial charge in [-0.2, -0.15) is 4.37 Å². The summed E-state index contributed by atoms with van der Waals surface area (Å²) in [6, 6.07) is 0. The maximum Gasteiger partial charge on any atom is 0.425 e. The lowest BCUT2D eigenvalue weighted by atomic mass is 11.3. The normalized spacial score (nSPS) is 8.67. The summed E-state index contributed by atoms with van der Waals surface area (Å²) in [5.74, 6) is 0. The van der Waals surface area contributed by atoms with E-state index in [1.165, 1.54) is 6.33 Å². The van der Waals surface area contributed by atoms with Crippen LogP contribution in [-0.4, -0.2) is 4.98 Å². The van der Waals surface area contributed by atoms with Crippen LogP contribution in [0.1, 0.15) is 0 Å². The molecule has 0 radical (unpaired) electrons. The number of aromatic nitrogens is 2. The molecule has 0 bridgehead atoms. The lowest BCUT2D eigenvalue weighted by Crippen LogP contribution is -1.89. The van der Waals surface area contributed by atoms with E-state index in [4.69, 9.17) is 0 Å². The Hall–Kier alpha value is -0.640. The van der Waals surface area contributed by atoms with E-state index >= 15 is 0 Å². The zero-order valence-corrected chi connectivity index (χ0v) is 3.71. The van der Waals surface area contributed by atoms with Crippen LogP contribution >= 0.6 is 11.5 Å². The zero-order chi connectivity index (χ0) is 4.41. The highest BCUT2D eigenvalue weighted by Gasteiger charge is 1.83. The summed E-state index contributed by atoms with van der Waals surface area (Å²) >= 11 is 1.04. The molecule has 0 amide bonds. The highest BCUT2D eigenvalue weighted by molar-refractivity contribution is 6.98. The fourth-order valence-corrected chi connectivity index (χ4v) is 0.544. The van der Waals surface area contributed by atoms with Crippen LogP contribution in [0.4, 0.5) is 0 Å². The molecule has 0 fully saturated rings. The van der Waals surface area contributed by atoms with Crippen LogP contribution in [0, 0.1) is 0 Å². The molecular formula is C2H3N2OS+. The van der Waals surface area contributed by atoms with Gasteiger partial charge < -0.3 is 0 Å². The Morgan fingerprint density at radius 1 is 2.00 bits per heavy atom. The number of rotatable bonds is 0. The minimum absolute atomic E-state index is 0.0463. The van der Waals surface area contributed by atoms with Gasteiger partial charge in [0.2, 0.25) is 0 Å². The van der Waals surface area contributed by atoms with Crippen molar-refractivity contribution in [2.24, 2.45) is 0 Å². The van der Waals surface area contributed by atoms with Crippen LogP contribution in [0.25, 0.3) is 0 Å². The molecule has 6 heavy (non-hydrogen) atoms. The number of H-pyrrole nitrogens is 2. The van der Waals surface area contributed by atoms with Crippen LogP contribution in [0.2, 0.25) is 0 Å². The smallest absolute Gasteiger partial charge is 0.225 e. The van der Waals surface area contributed by atoms with E-state index in [9.17, 15) is 4.79 Å². The molecular weight excluding hydrogens is 100 g/mol. The highest BCUT2D eigenvalue weighted by Crippen LogP contribution is 1.55. The number of nitrogens with one attached hydrogen (secondary N) is 2. The van der Waals surface area contributed by atoms with E-state index in [0.29, 0.717) is 0 Å². The molecule has 0 atom stereocenters. The Morgan fingerprint density at radius 3 is 3.00 bits per heavy atom. The van der Waals surface area contributed by atoms with Crippen LogP contribution in [0.5, 0.6) is 0 Å². The highest BCUT2D eigenvalue weighted by atomic mass is 32.1. The first kappa shape index (κ1) is 3.55. The predicted octanol–water partition coefficient (Wildman–Crippen LogP) is -0.750. The molecule has 0 saturated heterocycles. The van der Waals surface area contributed by atoms with E-state index in [1.54, 1.807) is 0 Å². The summed E-state index contributed by atoms with van der Waals surface area (Å²) in [5.41, 5.74) is 0. The molecule has 0 spiro atoms. The largest absolute Gasteiger partial charge is 0.425 e. The zero-order valence-electron chi connectivity index (χ0n) is 2.89. The SMILES string of the molecule is O=c1[nH]c[nH+]s1. The first-order valence-electron chi connectivity index (χ1n) is 1.44. The lowest BCUT2D eigenvalue weighted by Gasteiger charge is -1.36. The molecule has 3 nitrogen and oxygen atoms in total. The van der Waals surface area contributed by atoms with E-state index in [2.05, 4.69) is 9.36 Å². The number of hydrogen-bond donors (Lipinski definition) is 1. The van der Waals surface area contributed by atoms with Crippen molar-refractivity contribution in [1.29, 1.82) is 0 Å². The number of hydrogen-bond acceptors (Lipinski definition) is 2. The fourth-order valence-electron chi connectivity index (χ4n) is 0.201. The van der Waals surface area contributed by atoms with E-state index in [1.807, 2.05) is 0 Å². The standard InChI is InChI=1S/C2H2N2OS/c5-2-3-1-4-6-2/h1H,(H,3,4,5)/p+1. The van der Waals surface area contributed by atoms with Gasteiger partial charge in [0.25, 0.3) is 6.33 Å². The minimum Gasteiger partial charge on any atom is -0.225 e. The summed E-state index contributed by atoms with van der Waals surface area (Å²) < 4.78 is 2.60. The van der Waals surface area contributed by atoms with Crippen molar-refractivity contribution in [3.05, 3.63) is 16.0 Å². The van der Waals surface area contributed by atoms with Crippen molar-refractivity contribution in [3.8, 4) is 0 Å². The topological polar surface area (TPSA) is 47.0 Å². The molecule has 2 N–H and O–H groups in total. The third-order valence-corrected chi connectivity index (χ3v) is 0.940. The second-order valence-corrected chi connectivity index (χ2v) is 1.61. The van der Waals surface area contributed by atoms with Gasteiger partial charge in [0.05, 0.1) is 0 Å². The summed E-state index contributed by atoms with van der Waals surface area (Å²) in [7, 11) is 0. The first-order valence-corrected chi connectivity index (χ1v) is 2.26. The Labute approximate surface area is 37.8 Å². The van der Waals surface area contributed by atoms with Crippen LogP contribution < -0.4 is 9.25 Å². The van der Waals surface area contributed by atoms with Crippen molar-refractivity contribution in [2.75, 3.05) is 0 Å². The Balaban J connectivity index is 3.41. The van der Waals surface area contributed by atoms with Gasteiger partial charge in [-0.25, -0.2) is 9.78 Å². The van der Waals surface area contributed by atoms with E-state index < -0.39 is 0 Å². The lowest BCUT2D eigenvalue weighted by molar-refractivity contribution is -0.293. The molecule has 4 heteroatoms. The van der Waals surface area contributed by atoms with Crippen LogP contribution in [0.15, 0.2) is 11.1 Å². The summed E-state index contributed by atoms with van der Waals surface area (Å²) in [5, 5.41) is 0. The van der Waals surface area contributed by atoms with Gasteiger partial charge in [0.1, 0.15) is 11.5 Å². The van der Waals surface area contributed by atoms with E-state index in [0.717, 1.165) is 11.5 Å². The predicted molar refractivity (Wildman–Crippen MR) is 21.5 cm³/mol. The van der Waals surface area contributed by atoms with Gasteiger partial charge in [0, 0.05) is 0 Å². The summed E-state index contributed by atoms with van der Waals surface area (Å²) in [4.78, 5) is 12.4. The second kappa shape index (κ2) is 1.22. The molecule has 32 valence electrons. The molecule has 1 rings (SSSR count). The third kappa shape index (κ3) is 0.463. The molecule has 0 saturated carbocycles. The van der Waals surface area contributed by atoms with Crippen molar-refractivity contribution < 1.29 is 4.37 Å². The number of aromatic amines is 2. The van der Waals surface area contributed by atoms with Crippen LogP contribution in [-0.2, 0) is 0 Å². The average molecular weight is 103 g/mol. The molecule has 0 aliphatic heterocycles. The average Bonchev–Trinajstić information content (AvgIpc) is 1.86. The van der Waals surface area contributed by atoms with Gasteiger partial charge in [-0.05, 0) is 0 Å². The summed E-state index contributed by atoms with van der Waals surface area (Å²) in [6.45, 7) is 0. The van der Waals surface area contributed by atoms with Gasteiger partial charge in [-0.1, -0.05) is 0 Å². The molecule has 0 aliphatic rings. The molecule has 1 aromatic rings. The Kier molecular flexibility index (Phi) is 0.719. The van der Waals surface area contributed by atoms with E-state index in [-0.39, 0.29) is 4.87 Å². The van der Waals surface area contributed by atoms with Crippen molar-refractivity contribution in [3.63, 3.8) is 0 Å². The maximum atomic E-state index is 10.0. The minimum atomic E-state index is -0.0463. The van der Waals surface area contributed by atoms with Gasteiger partial charge in [-0.3, -0.25) is 0 Å². The molecule has 0 aromatic carbocycles. The van der Waals surface area contributed by atoms with Gasteiger partial charge >= 0.3 is 4.87 Å².